The highest BCUT2D eigenvalue weighted by molar-refractivity contribution is 9.11. The van der Waals surface area contributed by atoms with Crippen LogP contribution in [-0.2, 0) is 0 Å². The molecular formula is C14H13Br2NO2S. The van der Waals surface area contributed by atoms with Crippen LogP contribution >= 0.6 is 43.2 Å². The number of carboxylic acids is 1. The van der Waals surface area contributed by atoms with Crippen molar-refractivity contribution in [2.45, 2.75) is 19.8 Å². The summed E-state index contributed by atoms with van der Waals surface area (Å²) in [5.41, 5.74) is 8.25. The minimum absolute atomic E-state index is 0.153. The number of carboxylic acid groups (broad SMARTS) is 1. The van der Waals surface area contributed by atoms with E-state index in [0.29, 0.717) is 5.69 Å². The number of thiophene rings is 1. The molecule has 1 aromatic carbocycles. The molecule has 0 saturated heterocycles. The van der Waals surface area contributed by atoms with Gasteiger partial charge in [0.1, 0.15) is 4.88 Å². The Morgan fingerprint density at radius 2 is 2.00 bits per heavy atom. The van der Waals surface area contributed by atoms with Gasteiger partial charge in [-0.05, 0) is 29.7 Å². The predicted molar refractivity (Wildman–Crippen MR) is 90.6 cm³/mol. The van der Waals surface area contributed by atoms with Crippen molar-refractivity contribution < 1.29 is 9.90 Å². The Hall–Kier alpha value is -0.850. The Balaban J connectivity index is 2.76. The molecule has 1 aromatic heterocycles. The second-order valence-corrected chi connectivity index (χ2v) is 7.46. The fourth-order valence-corrected chi connectivity index (χ4v) is 4.24. The van der Waals surface area contributed by atoms with Crippen LogP contribution in [-0.4, -0.2) is 11.1 Å². The fourth-order valence-electron chi connectivity index (χ4n) is 2.06. The van der Waals surface area contributed by atoms with Crippen LogP contribution in [0.15, 0.2) is 27.1 Å². The van der Waals surface area contributed by atoms with Crippen molar-refractivity contribution in [3.63, 3.8) is 0 Å². The monoisotopic (exact) mass is 417 g/mol. The third kappa shape index (κ3) is 2.77. The average molecular weight is 419 g/mol. The summed E-state index contributed by atoms with van der Waals surface area (Å²) in [4.78, 5) is 12.4. The standard InChI is InChI=1S/C14H13Br2NO2S/c1-6(2)10-11(17)13(14(18)19)20-12(10)8-5-7(15)3-4-9(8)16/h3-6H,17H2,1-2H3,(H,18,19). The Bertz CT molecular complexity index is 680. The number of nitrogens with two attached hydrogens (primary N) is 1. The zero-order valence-electron chi connectivity index (χ0n) is 10.9. The highest BCUT2D eigenvalue weighted by Gasteiger charge is 2.24. The average Bonchev–Trinajstić information content (AvgIpc) is 2.70. The van der Waals surface area contributed by atoms with Gasteiger partial charge in [-0.1, -0.05) is 45.7 Å². The Morgan fingerprint density at radius 1 is 1.35 bits per heavy atom. The summed E-state index contributed by atoms with van der Waals surface area (Å²) in [5, 5.41) is 9.27. The van der Waals surface area contributed by atoms with Crippen LogP contribution in [0.1, 0.15) is 35.0 Å². The summed E-state index contributed by atoms with van der Waals surface area (Å²) in [6, 6.07) is 5.82. The van der Waals surface area contributed by atoms with Crippen molar-refractivity contribution in [1.29, 1.82) is 0 Å². The largest absolute Gasteiger partial charge is 0.477 e. The maximum atomic E-state index is 11.3. The van der Waals surface area contributed by atoms with E-state index in [4.69, 9.17) is 5.73 Å². The van der Waals surface area contributed by atoms with E-state index >= 15 is 0 Å². The number of rotatable bonds is 3. The fraction of sp³-hybridized carbons (Fsp3) is 0.214. The highest BCUT2D eigenvalue weighted by atomic mass is 79.9. The minimum Gasteiger partial charge on any atom is -0.477 e. The van der Waals surface area contributed by atoms with Crippen molar-refractivity contribution in [3.8, 4) is 10.4 Å². The van der Waals surface area contributed by atoms with E-state index in [-0.39, 0.29) is 10.8 Å². The maximum Gasteiger partial charge on any atom is 0.348 e. The Kier molecular flexibility index (Phi) is 4.56. The van der Waals surface area contributed by atoms with E-state index in [1.54, 1.807) is 0 Å². The smallest absolute Gasteiger partial charge is 0.348 e. The Labute approximate surface area is 138 Å². The van der Waals surface area contributed by atoms with Gasteiger partial charge in [0.2, 0.25) is 0 Å². The van der Waals surface area contributed by atoms with E-state index in [1.807, 2.05) is 32.0 Å². The van der Waals surface area contributed by atoms with E-state index in [9.17, 15) is 9.90 Å². The SMILES string of the molecule is CC(C)c1c(-c2cc(Br)ccc2Br)sc(C(=O)O)c1N. The van der Waals surface area contributed by atoms with Crippen molar-refractivity contribution >= 4 is 54.9 Å². The van der Waals surface area contributed by atoms with Crippen molar-refractivity contribution in [2.75, 3.05) is 5.73 Å². The normalized spacial score (nSPS) is 11.1. The predicted octanol–water partition coefficient (Wildman–Crippen LogP) is 5.34. The first-order chi connectivity index (χ1) is 9.32. The lowest BCUT2D eigenvalue weighted by atomic mass is 9.98. The lowest BCUT2D eigenvalue weighted by Gasteiger charge is -2.10. The van der Waals surface area contributed by atoms with Gasteiger partial charge in [0.15, 0.2) is 0 Å². The van der Waals surface area contributed by atoms with Crippen LogP contribution in [0, 0.1) is 0 Å². The molecule has 0 atom stereocenters. The van der Waals surface area contributed by atoms with E-state index < -0.39 is 5.97 Å². The summed E-state index contributed by atoms with van der Waals surface area (Å²) < 4.78 is 1.86. The van der Waals surface area contributed by atoms with E-state index in [0.717, 1.165) is 24.9 Å². The number of nitrogen functional groups attached to an aromatic ring is 1. The third-order valence-corrected chi connectivity index (χ3v) is 5.36. The number of halogens is 2. The number of hydrogen-bond donors (Lipinski definition) is 2. The molecule has 3 N–H and O–H groups in total. The van der Waals surface area contributed by atoms with Gasteiger partial charge in [0.05, 0.1) is 5.69 Å². The number of hydrogen-bond acceptors (Lipinski definition) is 3. The van der Waals surface area contributed by atoms with E-state index in [1.165, 1.54) is 11.3 Å². The molecule has 2 rings (SSSR count). The number of benzene rings is 1. The molecule has 0 fully saturated rings. The molecule has 0 aliphatic rings. The lowest BCUT2D eigenvalue weighted by molar-refractivity contribution is 0.0703. The number of anilines is 1. The summed E-state index contributed by atoms with van der Waals surface area (Å²) >= 11 is 8.19. The minimum atomic E-state index is -0.980. The molecule has 106 valence electrons. The first kappa shape index (κ1) is 15.5. The zero-order valence-corrected chi connectivity index (χ0v) is 14.9. The van der Waals surface area contributed by atoms with Crippen LogP contribution in [0.2, 0.25) is 0 Å². The molecule has 0 aliphatic carbocycles. The molecule has 0 bridgehead atoms. The molecule has 2 aromatic rings. The second kappa shape index (κ2) is 5.87. The van der Waals surface area contributed by atoms with Gasteiger partial charge < -0.3 is 10.8 Å². The van der Waals surface area contributed by atoms with Gasteiger partial charge in [-0.2, -0.15) is 0 Å². The zero-order chi connectivity index (χ0) is 15.0. The van der Waals surface area contributed by atoms with Crippen molar-refractivity contribution in [3.05, 3.63) is 37.6 Å². The maximum absolute atomic E-state index is 11.3. The van der Waals surface area contributed by atoms with E-state index in [2.05, 4.69) is 31.9 Å². The van der Waals surface area contributed by atoms with Crippen LogP contribution in [0.3, 0.4) is 0 Å². The van der Waals surface area contributed by atoms with Crippen LogP contribution in [0.5, 0.6) is 0 Å². The van der Waals surface area contributed by atoms with Gasteiger partial charge in [-0.25, -0.2) is 4.79 Å². The summed E-state index contributed by atoms with van der Waals surface area (Å²) in [5.74, 6) is -0.827. The van der Waals surface area contributed by atoms with Gasteiger partial charge in [0, 0.05) is 19.4 Å². The van der Waals surface area contributed by atoms with Crippen molar-refractivity contribution in [2.24, 2.45) is 0 Å². The topological polar surface area (TPSA) is 63.3 Å². The quantitative estimate of drug-likeness (QED) is 0.706. The summed E-state index contributed by atoms with van der Waals surface area (Å²) in [6.07, 6.45) is 0. The molecule has 0 spiro atoms. The molecule has 3 nitrogen and oxygen atoms in total. The number of aromatic carboxylic acids is 1. The first-order valence-electron chi connectivity index (χ1n) is 5.93. The molecule has 0 radical (unpaired) electrons. The van der Waals surface area contributed by atoms with Crippen LogP contribution in [0.4, 0.5) is 5.69 Å². The van der Waals surface area contributed by atoms with Gasteiger partial charge in [0.25, 0.3) is 0 Å². The third-order valence-electron chi connectivity index (χ3n) is 2.93. The van der Waals surface area contributed by atoms with Gasteiger partial charge in [-0.3, -0.25) is 0 Å². The molecular weight excluding hydrogens is 406 g/mol. The molecule has 0 amide bonds. The second-order valence-electron chi connectivity index (χ2n) is 4.67. The molecule has 0 unspecified atom stereocenters. The van der Waals surface area contributed by atoms with Crippen molar-refractivity contribution in [1.82, 2.24) is 0 Å². The Morgan fingerprint density at radius 3 is 2.55 bits per heavy atom. The highest BCUT2D eigenvalue weighted by Crippen LogP contribution is 2.45. The van der Waals surface area contributed by atoms with Crippen LogP contribution < -0.4 is 5.73 Å². The molecule has 6 heteroatoms. The molecule has 20 heavy (non-hydrogen) atoms. The van der Waals surface area contributed by atoms with Crippen LogP contribution in [0.25, 0.3) is 10.4 Å². The molecule has 0 saturated carbocycles. The number of carbonyl (C=O) groups is 1. The first-order valence-corrected chi connectivity index (χ1v) is 8.34. The molecule has 0 aliphatic heterocycles. The molecule has 1 heterocycles. The van der Waals surface area contributed by atoms with Gasteiger partial charge in [-0.15, -0.1) is 11.3 Å². The lowest BCUT2D eigenvalue weighted by Crippen LogP contribution is -2.00. The summed E-state index contributed by atoms with van der Waals surface area (Å²) in [7, 11) is 0. The van der Waals surface area contributed by atoms with Gasteiger partial charge >= 0.3 is 5.97 Å². The summed E-state index contributed by atoms with van der Waals surface area (Å²) in [6.45, 7) is 4.03.